The lowest BCUT2D eigenvalue weighted by atomic mass is 9.83. The second kappa shape index (κ2) is 12.1. The van der Waals surface area contributed by atoms with Gasteiger partial charge in [-0.2, -0.15) is 18.4 Å². The van der Waals surface area contributed by atoms with E-state index >= 15 is 0 Å². The highest BCUT2D eigenvalue weighted by molar-refractivity contribution is 7.92. The van der Waals surface area contributed by atoms with E-state index in [9.17, 15) is 36.4 Å². The van der Waals surface area contributed by atoms with Gasteiger partial charge in [-0.15, -0.1) is 0 Å². The van der Waals surface area contributed by atoms with E-state index in [1.165, 1.54) is 25.3 Å². The molecule has 0 radical (unpaired) electrons. The fraction of sp³-hybridized carbons (Fsp3) is 0.500. The summed E-state index contributed by atoms with van der Waals surface area (Å²) in [6.07, 6.45) is 7.03. The van der Waals surface area contributed by atoms with Crippen LogP contribution in [0.4, 0.5) is 18.9 Å². The minimum absolute atomic E-state index is 0.00368. The lowest BCUT2D eigenvalue weighted by Gasteiger charge is -2.31. The Balaban J connectivity index is 1.36. The van der Waals surface area contributed by atoms with Gasteiger partial charge in [0.15, 0.2) is 0 Å². The molecule has 0 unspecified atom stereocenters. The van der Waals surface area contributed by atoms with Gasteiger partial charge in [-0.25, -0.2) is 8.42 Å². The van der Waals surface area contributed by atoms with Crippen molar-refractivity contribution in [2.75, 3.05) is 12.4 Å². The molecule has 9 nitrogen and oxygen atoms in total. The number of benzene rings is 2. The Hall–Kier alpha value is -3.79. The normalized spacial score (nSPS) is 23.8. The number of nitrogens with zero attached hydrogens (tertiary/aromatic N) is 1. The molecule has 43 heavy (non-hydrogen) atoms. The average molecular weight is 620 g/mol. The molecule has 4 atom stereocenters. The number of methoxy groups -OCH3 is 1. The molecule has 5 rings (SSSR count). The molecule has 2 aromatic rings. The first-order valence-corrected chi connectivity index (χ1v) is 15.7. The number of carbonyl (C=O) groups excluding carboxylic acids is 2. The molecule has 0 aromatic heterocycles. The molecule has 3 saturated carbocycles. The van der Waals surface area contributed by atoms with E-state index in [2.05, 4.69) is 16.7 Å². The molecule has 2 bridgehead atoms. The number of amides is 2. The molecule has 2 N–H and O–H groups in total. The quantitative estimate of drug-likeness (QED) is 0.407. The van der Waals surface area contributed by atoms with Crippen molar-refractivity contribution in [2.24, 2.45) is 17.8 Å². The Labute approximate surface area is 247 Å². The Kier molecular flexibility index (Phi) is 8.61. The first-order chi connectivity index (χ1) is 20.4. The number of anilines is 1. The Morgan fingerprint density at radius 3 is 2.40 bits per heavy atom. The number of fused-ring (bicyclic) bond motifs is 2. The first-order valence-electron chi connectivity index (χ1n) is 14.2. The summed E-state index contributed by atoms with van der Waals surface area (Å²) in [5.74, 6) is -1.31. The molecule has 3 aliphatic carbocycles. The molecular weight excluding hydrogens is 587 g/mol. The van der Waals surface area contributed by atoms with Gasteiger partial charge in [-0.3, -0.25) is 9.59 Å². The van der Waals surface area contributed by atoms with Crippen molar-refractivity contribution < 1.29 is 40.7 Å². The Bertz CT molecular complexity index is 1550. The van der Waals surface area contributed by atoms with Crippen molar-refractivity contribution in [1.82, 2.24) is 5.32 Å². The van der Waals surface area contributed by atoms with Crippen LogP contribution in [0.2, 0.25) is 0 Å². The fourth-order valence-corrected chi connectivity index (χ4v) is 7.47. The number of nitriles is 1. The van der Waals surface area contributed by atoms with Gasteiger partial charge in [-0.05, 0) is 81.0 Å². The van der Waals surface area contributed by atoms with Crippen LogP contribution in [0, 0.1) is 29.1 Å². The van der Waals surface area contributed by atoms with Crippen LogP contribution in [0.25, 0.3) is 0 Å². The second-order valence-corrected chi connectivity index (χ2v) is 13.3. The van der Waals surface area contributed by atoms with Gasteiger partial charge in [-0.1, -0.05) is 12.5 Å². The maximum absolute atomic E-state index is 13.6. The van der Waals surface area contributed by atoms with E-state index in [-0.39, 0.29) is 46.3 Å². The standard InChI is InChI=1S/C30H32F3N3O6S/c1-41-25-13-19(16-34)24(42-21-7-3-2-4-8-21)15-23(25)28(37)36-27-18-11-10-17(12-18)26(27)29(38)35-20-6-5-9-22(14-20)43(39,40)30(31,32)33/h5-6,9,13-15,17-18,21,26-27H,2-4,7-8,10-12H2,1H3,(H,35,38)(H,36,37)/t17-,18+,26+,27-/m1/s1. The molecule has 0 heterocycles. The van der Waals surface area contributed by atoms with E-state index in [1.54, 1.807) is 0 Å². The third-order valence-corrected chi connectivity index (χ3v) is 10.2. The number of alkyl halides is 3. The number of halogens is 3. The summed E-state index contributed by atoms with van der Waals surface area (Å²) in [7, 11) is -4.21. The van der Waals surface area contributed by atoms with Crippen molar-refractivity contribution in [3.05, 3.63) is 47.5 Å². The molecule has 2 amide bonds. The maximum atomic E-state index is 13.6. The summed E-state index contributed by atoms with van der Waals surface area (Å²) < 4.78 is 74.5. The summed E-state index contributed by atoms with van der Waals surface area (Å²) in [6, 6.07) is 8.50. The molecule has 3 aliphatic rings. The SMILES string of the molecule is COc1cc(C#N)c(OC2CCCCC2)cc1C(=O)N[C@@H]1[C@H]2CC[C@H](C2)[C@@H]1C(=O)Nc1cccc(S(=O)(=O)C(F)(F)F)c1. The second-order valence-electron chi connectivity index (χ2n) is 11.4. The molecule has 230 valence electrons. The van der Waals surface area contributed by atoms with Gasteiger partial charge in [0.05, 0.1) is 35.2 Å². The van der Waals surface area contributed by atoms with Gasteiger partial charge in [0.2, 0.25) is 5.91 Å². The summed E-state index contributed by atoms with van der Waals surface area (Å²) in [5, 5.41) is 15.2. The largest absolute Gasteiger partial charge is 0.501 e. The highest BCUT2D eigenvalue weighted by atomic mass is 32.2. The van der Waals surface area contributed by atoms with E-state index in [0.717, 1.165) is 63.1 Å². The van der Waals surface area contributed by atoms with Crippen molar-refractivity contribution in [1.29, 1.82) is 5.26 Å². The van der Waals surface area contributed by atoms with Crippen LogP contribution in [0.15, 0.2) is 41.3 Å². The van der Waals surface area contributed by atoms with Gasteiger partial charge < -0.3 is 20.1 Å². The summed E-state index contributed by atoms with van der Waals surface area (Å²) >= 11 is 0. The minimum Gasteiger partial charge on any atom is -0.496 e. The monoisotopic (exact) mass is 619 g/mol. The molecule has 3 fully saturated rings. The van der Waals surface area contributed by atoms with Gasteiger partial charge >= 0.3 is 5.51 Å². The van der Waals surface area contributed by atoms with Crippen molar-refractivity contribution in [3.8, 4) is 17.6 Å². The van der Waals surface area contributed by atoms with Crippen LogP contribution in [0.5, 0.6) is 11.5 Å². The zero-order valence-electron chi connectivity index (χ0n) is 23.4. The molecule has 2 aromatic carbocycles. The van der Waals surface area contributed by atoms with Gasteiger partial charge in [0.1, 0.15) is 17.6 Å². The lowest BCUT2D eigenvalue weighted by Crippen LogP contribution is -2.48. The number of hydrogen-bond acceptors (Lipinski definition) is 7. The fourth-order valence-electron chi connectivity index (χ4n) is 6.66. The zero-order chi connectivity index (χ0) is 30.9. The van der Waals surface area contributed by atoms with E-state index in [4.69, 9.17) is 9.47 Å². The summed E-state index contributed by atoms with van der Waals surface area (Å²) in [5.41, 5.74) is -5.18. The van der Waals surface area contributed by atoms with Crippen LogP contribution in [-0.4, -0.2) is 45.0 Å². The van der Waals surface area contributed by atoms with Crippen molar-refractivity contribution in [2.45, 2.75) is 73.9 Å². The lowest BCUT2D eigenvalue weighted by molar-refractivity contribution is -0.122. The molecule has 0 saturated heterocycles. The molecular formula is C30H32F3N3O6S. The maximum Gasteiger partial charge on any atom is 0.501 e. The van der Waals surface area contributed by atoms with Crippen LogP contribution < -0.4 is 20.1 Å². The highest BCUT2D eigenvalue weighted by Gasteiger charge is 2.52. The third-order valence-electron chi connectivity index (χ3n) is 8.75. The van der Waals surface area contributed by atoms with Crippen LogP contribution in [0.3, 0.4) is 0 Å². The predicted molar refractivity (Wildman–Crippen MR) is 149 cm³/mol. The highest BCUT2D eigenvalue weighted by Crippen LogP contribution is 2.49. The van der Waals surface area contributed by atoms with Gasteiger partial charge in [0.25, 0.3) is 15.7 Å². The van der Waals surface area contributed by atoms with Crippen molar-refractivity contribution >= 4 is 27.3 Å². The van der Waals surface area contributed by atoms with Crippen LogP contribution in [-0.2, 0) is 14.6 Å². The Morgan fingerprint density at radius 1 is 1.00 bits per heavy atom. The predicted octanol–water partition coefficient (Wildman–Crippen LogP) is 5.36. The summed E-state index contributed by atoms with van der Waals surface area (Å²) in [4.78, 5) is 26.1. The minimum atomic E-state index is -5.59. The topological polar surface area (TPSA) is 135 Å². The summed E-state index contributed by atoms with van der Waals surface area (Å²) in [6.45, 7) is 0. The number of sulfone groups is 1. The number of hydrogen-bond donors (Lipinski definition) is 2. The molecule has 13 heteroatoms. The van der Waals surface area contributed by atoms with Crippen molar-refractivity contribution in [3.63, 3.8) is 0 Å². The smallest absolute Gasteiger partial charge is 0.496 e. The first kappa shape index (κ1) is 30.7. The Morgan fingerprint density at radius 2 is 1.72 bits per heavy atom. The molecule has 0 spiro atoms. The van der Waals surface area contributed by atoms with Crippen LogP contribution in [0.1, 0.15) is 67.3 Å². The number of carbonyl (C=O) groups is 2. The average Bonchev–Trinajstić information content (AvgIpc) is 3.59. The number of nitrogens with one attached hydrogen (secondary N) is 2. The van der Waals surface area contributed by atoms with Gasteiger partial charge in [0, 0.05) is 17.8 Å². The number of rotatable bonds is 8. The van der Waals surface area contributed by atoms with Crippen LogP contribution >= 0.6 is 0 Å². The number of ether oxygens (including phenoxy) is 2. The van der Waals surface area contributed by atoms with E-state index < -0.39 is 44.0 Å². The van der Waals surface area contributed by atoms with E-state index in [0.29, 0.717) is 6.42 Å². The van der Waals surface area contributed by atoms with E-state index in [1.807, 2.05) is 0 Å². The molecule has 0 aliphatic heterocycles. The zero-order valence-corrected chi connectivity index (χ0v) is 24.3. The third kappa shape index (κ3) is 6.16.